The number of carboxylic acids is 1. The van der Waals surface area contributed by atoms with Gasteiger partial charge in [0.05, 0.1) is 31.9 Å². The van der Waals surface area contributed by atoms with Gasteiger partial charge in [0.1, 0.15) is 11.5 Å². The zero-order chi connectivity index (χ0) is 19.4. The molecule has 2 atom stereocenters. The SMILES string of the molecule is COc1ccc(C(c2cccc(C)n2)N2CCCC(C(=O)O)C2)c(OC)c1. The predicted molar refractivity (Wildman–Crippen MR) is 102 cm³/mol. The van der Waals surface area contributed by atoms with Gasteiger partial charge in [-0.3, -0.25) is 14.7 Å². The molecular formula is C21H26N2O4. The minimum Gasteiger partial charge on any atom is -0.497 e. The van der Waals surface area contributed by atoms with Crippen LogP contribution in [-0.2, 0) is 4.79 Å². The van der Waals surface area contributed by atoms with Crippen molar-refractivity contribution in [3.8, 4) is 11.5 Å². The summed E-state index contributed by atoms with van der Waals surface area (Å²) >= 11 is 0. The molecule has 2 unspecified atom stereocenters. The van der Waals surface area contributed by atoms with Gasteiger partial charge >= 0.3 is 5.97 Å². The third-order valence-electron chi connectivity index (χ3n) is 5.09. The minimum absolute atomic E-state index is 0.173. The molecule has 1 saturated heterocycles. The van der Waals surface area contributed by atoms with Crippen molar-refractivity contribution < 1.29 is 19.4 Å². The van der Waals surface area contributed by atoms with Crippen LogP contribution >= 0.6 is 0 Å². The number of benzene rings is 1. The molecule has 6 heteroatoms. The number of nitrogens with zero attached hydrogens (tertiary/aromatic N) is 2. The number of carbonyl (C=O) groups is 1. The maximum atomic E-state index is 11.6. The number of hydrogen-bond acceptors (Lipinski definition) is 5. The first-order valence-electron chi connectivity index (χ1n) is 9.15. The summed E-state index contributed by atoms with van der Waals surface area (Å²) < 4.78 is 11.0. The maximum Gasteiger partial charge on any atom is 0.307 e. The van der Waals surface area contributed by atoms with E-state index in [-0.39, 0.29) is 12.0 Å². The van der Waals surface area contributed by atoms with E-state index in [2.05, 4.69) is 4.90 Å². The molecule has 0 bridgehead atoms. The second-order valence-corrected chi connectivity index (χ2v) is 6.89. The van der Waals surface area contributed by atoms with Crippen molar-refractivity contribution in [2.45, 2.75) is 25.8 Å². The van der Waals surface area contributed by atoms with Crippen molar-refractivity contribution in [3.63, 3.8) is 0 Å². The molecule has 1 N–H and O–H groups in total. The molecule has 1 aromatic carbocycles. The van der Waals surface area contributed by atoms with E-state index < -0.39 is 5.97 Å². The lowest BCUT2D eigenvalue weighted by atomic mass is 9.92. The largest absolute Gasteiger partial charge is 0.497 e. The zero-order valence-corrected chi connectivity index (χ0v) is 16.0. The Morgan fingerprint density at radius 1 is 1.26 bits per heavy atom. The highest BCUT2D eigenvalue weighted by Gasteiger charge is 2.33. The second kappa shape index (κ2) is 8.39. The molecule has 0 saturated carbocycles. The summed E-state index contributed by atoms with van der Waals surface area (Å²) in [7, 11) is 3.26. The molecule has 2 aromatic rings. The average molecular weight is 370 g/mol. The topological polar surface area (TPSA) is 71.9 Å². The predicted octanol–water partition coefficient (Wildman–Crippen LogP) is 3.29. The van der Waals surface area contributed by atoms with Crippen LogP contribution in [0.5, 0.6) is 11.5 Å². The van der Waals surface area contributed by atoms with Crippen LogP contribution in [0.1, 0.15) is 35.8 Å². The highest BCUT2D eigenvalue weighted by molar-refractivity contribution is 5.70. The van der Waals surface area contributed by atoms with Crippen LogP contribution in [0.15, 0.2) is 36.4 Å². The fourth-order valence-electron chi connectivity index (χ4n) is 3.75. The number of ether oxygens (including phenoxy) is 2. The summed E-state index contributed by atoms with van der Waals surface area (Å²) in [6, 6.07) is 11.5. The van der Waals surface area contributed by atoms with Crippen LogP contribution in [0.4, 0.5) is 0 Å². The molecule has 0 radical (unpaired) electrons. The van der Waals surface area contributed by atoms with E-state index in [1.165, 1.54) is 0 Å². The maximum absolute atomic E-state index is 11.6. The molecule has 0 amide bonds. The number of pyridine rings is 1. The highest BCUT2D eigenvalue weighted by Crippen LogP contribution is 2.38. The molecule has 3 rings (SSSR count). The summed E-state index contributed by atoms with van der Waals surface area (Å²) in [6.07, 6.45) is 1.55. The van der Waals surface area contributed by atoms with Crippen molar-refractivity contribution in [3.05, 3.63) is 53.3 Å². The molecule has 1 aliphatic rings. The first-order valence-corrected chi connectivity index (χ1v) is 9.15. The van der Waals surface area contributed by atoms with Gasteiger partial charge in [-0.15, -0.1) is 0 Å². The Balaban J connectivity index is 2.07. The molecule has 0 aliphatic carbocycles. The monoisotopic (exact) mass is 370 g/mol. The van der Waals surface area contributed by atoms with Crippen LogP contribution in [0.25, 0.3) is 0 Å². The van der Waals surface area contributed by atoms with Gasteiger partial charge in [0, 0.05) is 23.9 Å². The number of methoxy groups -OCH3 is 2. The lowest BCUT2D eigenvalue weighted by molar-refractivity contribution is -0.143. The summed E-state index contributed by atoms with van der Waals surface area (Å²) in [5, 5.41) is 9.51. The van der Waals surface area contributed by atoms with Gasteiger partial charge in [-0.25, -0.2) is 0 Å². The van der Waals surface area contributed by atoms with Gasteiger partial charge in [-0.1, -0.05) is 6.07 Å². The zero-order valence-electron chi connectivity index (χ0n) is 16.0. The van der Waals surface area contributed by atoms with Crippen LogP contribution < -0.4 is 9.47 Å². The first kappa shape index (κ1) is 19.2. The molecule has 27 heavy (non-hydrogen) atoms. The van der Waals surface area contributed by atoms with Crippen molar-refractivity contribution in [2.75, 3.05) is 27.3 Å². The van der Waals surface area contributed by atoms with E-state index in [4.69, 9.17) is 14.5 Å². The Kier molecular flexibility index (Phi) is 5.96. The van der Waals surface area contributed by atoms with Crippen molar-refractivity contribution in [1.82, 2.24) is 9.88 Å². The molecule has 6 nitrogen and oxygen atoms in total. The van der Waals surface area contributed by atoms with Gasteiger partial charge in [0.15, 0.2) is 0 Å². The number of hydrogen-bond donors (Lipinski definition) is 1. The molecule has 144 valence electrons. The van der Waals surface area contributed by atoms with Gasteiger partial charge in [0.25, 0.3) is 0 Å². The Hall–Kier alpha value is -2.60. The Morgan fingerprint density at radius 3 is 2.74 bits per heavy atom. The van der Waals surface area contributed by atoms with E-state index in [1.54, 1.807) is 14.2 Å². The smallest absolute Gasteiger partial charge is 0.307 e. The molecule has 1 fully saturated rings. The summed E-state index contributed by atoms with van der Waals surface area (Å²) in [4.78, 5) is 18.5. The van der Waals surface area contributed by atoms with Crippen LogP contribution in [0.3, 0.4) is 0 Å². The Morgan fingerprint density at radius 2 is 2.07 bits per heavy atom. The van der Waals surface area contributed by atoms with Gasteiger partial charge in [0.2, 0.25) is 0 Å². The van der Waals surface area contributed by atoms with E-state index in [0.717, 1.165) is 29.9 Å². The van der Waals surface area contributed by atoms with Gasteiger partial charge in [-0.05, 0) is 50.6 Å². The molecule has 0 spiro atoms. The summed E-state index contributed by atoms with van der Waals surface area (Å²) in [5.74, 6) is 0.321. The highest BCUT2D eigenvalue weighted by atomic mass is 16.5. The number of aryl methyl sites for hydroxylation is 1. The van der Waals surface area contributed by atoms with Crippen LogP contribution in [-0.4, -0.2) is 48.3 Å². The lowest BCUT2D eigenvalue weighted by Gasteiger charge is -2.37. The number of aliphatic carboxylic acids is 1. The van der Waals surface area contributed by atoms with Crippen LogP contribution in [0, 0.1) is 12.8 Å². The number of carboxylic acid groups (broad SMARTS) is 1. The fraction of sp³-hybridized carbons (Fsp3) is 0.429. The Bertz CT molecular complexity index is 809. The molecular weight excluding hydrogens is 344 g/mol. The quantitative estimate of drug-likeness (QED) is 0.841. The fourth-order valence-corrected chi connectivity index (χ4v) is 3.75. The van der Waals surface area contributed by atoms with Crippen molar-refractivity contribution in [2.24, 2.45) is 5.92 Å². The normalized spacial score (nSPS) is 18.7. The molecule has 2 heterocycles. The number of likely N-dealkylation sites (tertiary alicyclic amines) is 1. The molecule has 1 aromatic heterocycles. The minimum atomic E-state index is -0.739. The standard InChI is InChI=1S/C21H26N2O4/c1-14-6-4-8-18(22-14)20(23-11-5-7-15(13-23)21(24)25)17-10-9-16(26-2)12-19(17)27-3/h4,6,8-10,12,15,20H,5,7,11,13H2,1-3H3,(H,24,25). The lowest BCUT2D eigenvalue weighted by Crippen LogP contribution is -2.41. The van der Waals surface area contributed by atoms with Crippen molar-refractivity contribution in [1.29, 1.82) is 0 Å². The van der Waals surface area contributed by atoms with Crippen LogP contribution in [0.2, 0.25) is 0 Å². The second-order valence-electron chi connectivity index (χ2n) is 6.89. The van der Waals surface area contributed by atoms with Crippen molar-refractivity contribution >= 4 is 5.97 Å². The average Bonchev–Trinajstić information content (AvgIpc) is 2.68. The Labute approximate surface area is 159 Å². The number of piperidine rings is 1. The summed E-state index contributed by atoms with van der Waals surface area (Å²) in [5.41, 5.74) is 2.78. The van der Waals surface area contributed by atoms with E-state index in [0.29, 0.717) is 24.5 Å². The summed E-state index contributed by atoms with van der Waals surface area (Å²) in [6.45, 7) is 3.27. The number of aromatic nitrogens is 1. The van der Waals surface area contributed by atoms with Gasteiger partial charge < -0.3 is 14.6 Å². The first-order chi connectivity index (χ1) is 13.0. The van der Waals surface area contributed by atoms with E-state index in [1.807, 2.05) is 43.3 Å². The van der Waals surface area contributed by atoms with Gasteiger partial charge in [-0.2, -0.15) is 0 Å². The van der Waals surface area contributed by atoms with E-state index in [9.17, 15) is 9.90 Å². The third-order valence-corrected chi connectivity index (χ3v) is 5.09. The number of rotatable bonds is 6. The third kappa shape index (κ3) is 4.22. The molecule has 1 aliphatic heterocycles. The van der Waals surface area contributed by atoms with E-state index >= 15 is 0 Å².